The van der Waals surface area contributed by atoms with Gasteiger partial charge in [-0.15, -0.1) is 0 Å². The second-order valence-corrected chi connectivity index (χ2v) is 7.47. The number of rotatable bonds is 5. The van der Waals surface area contributed by atoms with Crippen molar-refractivity contribution in [1.82, 2.24) is 4.31 Å². The Morgan fingerprint density at radius 3 is 2.58 bits per heavy atom. The van der Waals surface area contributed by atoms with Gasteiger partial charge < -0.3 is 5.11 Å². The summed E-state index contributed by atoms with van der Waals surface area (Å²) in [5.74, 6) is 0.274. The van der Waals surface area contributed by atoms with Gasteiger partial charge in [0.05, 0.1) is 11.0 Å². The van der Waals surface area contributed by atoms with Crippen LogP contribution >= 0.6 is 0 Å². The number of hydrogen-bond acceptors (Lipinski definition) is 3. The number of nitrogens with zero attached hydrogens (tertiary/aromatic N) is 1. The summed E-state index contributed by atoms with van der Waals surface area (Å²) in [4.78, 5) is 0.331. The first-order valence-corrected chi connectivity index (χ1v) is 7.98. The van der Waals surface area contributed by atoms with Gasteiger partial charge in [0, 0.05) is 13.6 Å². The third kappa shape index (κ3) is 3.16. The Balaban J connectivity index is 2.22. The molecule has 1 aliphatic carbocycles. The van der Waals surface area contributed by atoms with Crippen LogP contribution in [0, 0.1) is 19.8 Å². The zero-order chi connectivity index (χ0) is 14.2. The van der Waals surface area contributed by atoms with Crippen molar-refractivity contribution in [2.24, 2.45) is 5.92 Å². The van der Waals surface area contributed by atoms with Crippen LogP contribution in [0.1, 0.15) is 24.0 Å². The van der Waals surface area contributed by atoms with Crippen LogP contribution in [0.5, 0.6) is 0 Å². The van der Waals surface area contributed by atoms with Crippen LogP contribution in [0.4, 0.5) is 0 Å². The van der Waals surface area contributed by atoms with Crippen LogP contribution in [0.2, 0.25) is 0 Å². The van der Waals surface area contributed by atoms with Crippen molar-refractivity contribution in [2.45, 2.75) is 37.7 Å². The van der Waals surface area contributed by atoms with Crippen molar-refractivity contribution >= 4 is 10.0 Å². The number of benzene rings is 1. The Hall–Kier alpha value is -0.910. The molecule has 0 aliphatic heterocycles. The summed E-state index contributed by atoms with van der Waals surface area (Å²) in [6.07, 6.45) is 1.45. The molecule has 106 valence electrons. The summed E-state index contributed by atoms with van der Waals surface area (Å²) in [6, 6.07) is 5.39. The summed E-state index contributed by atoms with van der Waals surface area (Å²) in [7, 11) is -1.99. The smallest absolute Gasteiger partial charge is 0.243 e. The van der Waals surface area contributed by atoms with Gasteiger partial charge in [0.25, 0.3) is 0 Å². The summed E-state index contributed by atoms with van der Waals surface area (Å²) in [5, 5.41) is 9.89. The van der Waals surface area contributed by atoms with E-state index >= 15 is 0 Å². The van der Waals surface area contributed by atoms with E-state index in [4.69, 9.17) is 0 Å². The minimum Gasteiger partial charge on any atom is -0.391 e. The molecule has 5 heteroatoms. The molecule has 1 aromatic carbocycles. The van der Waals surface area contributed by atoms with Crippen molar-refractivity contribution in [3.63, 3.8) is 0 Å². The molecular weight excluding hydrogens is 262 g/mol. The number of aliphatic hydroxyl groups excluding tert-OH is 1. The molecule has 1 aliphatic rings. The first-order valence-electron chi connectivity index (χ1n) is 6.54. The fourth-order valence-electron chi connectivity index (χ4n) is 2.14. The predicted octanol–water partition coefficient (Wildman–Crippen LogP) is 1.69. The number of hydrogen-bond donors (Lipinski definition) is 1. The fourth-order valence-corrected chi connectivity index (χ4v) is 3.64. The maximum atomic E-state index is 12.5. The number of sulfonamides is 1. The van der Waals surface area contributed by atoms with Crippen molar-refractivity contribution in [3.05, 3.63) is 29.3 Å². The zero-order valence-corrected chi connectivity index (χ0v) is 12.4. The third-order valence-electron chi connectivity index (χ3n) is 3.64. The minimum atomic E-state index is -3.52. The normalized spacial score (nSPS) is 17.7. The van der Waals surface area contributed by atoms with Crippen molar-refractivity contribution in [1.29, 1.82) is 0 Å². The molecule has 1 N–H and O–H groups in total. The highest BCUT2D eigenvalue weighted by Gasteiger charge is 2.33. The van der Waals surface area contributed by atoms with Crippen LogP contribution in [-0.2, 0) is 10.0 Å². The Bertz CT molecular complexity index is 564. The molecule has 1 unspecified atom stereocenters. The van der Waals surface area contributed by atoms with E-state index < -0.39 is 16.1 Å². The number of aryl methyl sites for hydroxylation is 2. The van der Waals surface area contributed by atoms with Gasteiger partial charge >= 0.3 is 0 Å². The molecular formula is C14H21NO3S. The Morgan fingerprint density at radius 1 is 1.37 bits per heavy atom. The monoisotopic (exact) mass is 283 g/mol. The summed E-state index contributed by atoms with van der Waals surface area (Å²) in [6.45, 7) is 3.83. The van der Waals surface area contributed by atoms with Gasteiger partial charge in [0.15, 0.2) is 0 Å². The number of aliphatic hydroxyl groups is 1. The van der Waals surface area contributed by atoms with E-state index in [1.807, 2.05) is 19.1 Å². The molecule has 0 spiro atoms. The highest BCUT2D eigenvalue weighted by molar-refractivity contribution is 7.89. The maximum Gasteiger partial charge on any atom is 0.243 e. The van der Waals surface area contributed by atoms with Gasteiger partial charge in [0.1, 0.15) is 0 Å². The first-order chi connectivity index (χ1) is 8.82. The molecule has 1 aromatic rings. The second kappa shape index (κ2) is 5.23. The minimum absolute atomic E-state index is 0.167. The lowest BCUT2D eigenvalue weighted by molar-refractivity contribution is 0.131. The Morgan fingerprint density at radius 2 is 2.00 bits per heavy atom. The third-order valence-corrected chi connectivity index (χ3v) is 5.61. The summed E-state index contributed by atoms with van der Waals surface area (Å²) in [5.41, 5.74) is 1.65. The summed E-state index contributed by atoms with van der Waals surface area (Å²) >= 11 is 0. The van der Waals surface area contributed by atoms with Crippen molar-refractivity contribution < 1.29 is 13.5 Å². The topological polar surface area (TPSA) is 57.6 Å². The van der Waals surface area contributed by atoms with Crippen LogP contribution in [0.15, 0.2) is 23.1 Å². The van der Waals surface area contributed by atoms with Crippen LogP contribution in [-0.4, -0.2) is 37.5 Å². The van der Waals surface area contributed by atoms with Gasteiger partial charge in [0.2, 0.25) is 10.0 Å². The van der Waals surface area contributed by atoms with E-state index in [0.29, 0.717) is 4.90 Å². The molecule has 0 saturated heterocycles. The Labute approximate surface area is 115 Å². The molecule has 19 heavy (non-hydrogen) atoms. The van der Waals surface area contributed by atoms with Gasteiger partial charge in [-0.1, -0.05) is 12.1 Å². The lowest BCUT2D eigenvalue weighted by Crippen LogP contribution is -2.35. The van der Waals surface area contributed by atoms with Crippen molar-refractivity contribution in [3.8, 4) is 0 Å². The van der Waals surface area contributed by atoms with E-state index in [-0.39, 0.29) is 12.5 Å². The highest BCUT2D eigenvalue weighted by Crippen LogP contribution is 2.33. The molecule has 1 atom stereocenters. The molecule has 0 amide bonds. The van der Waals surface area contributed by atoms with Crippen LogP contribution < -0.4 is 0 Å². The lowest BCUT2D eigenvalue weighted by atomic mass is 10.2. The standard InChI is InChI=1S/C14H21NO3S/c1-10-4-5-11(2)14(8-10)19(17,18)15(3)9-13(16)12-6-7-12/h4-5,8,12-13,16H,6-7,9H2,1-3H3. The quantitative estimate of drug-likeness (QED) is 0.894. The van der Waals surface area contributed by atoms with Crippen LogP contribution in [0.25, 0.3) is 0 Å². The average Bonchev–Trinajstić information content (AvgIpc) is 3.15. The van der Waals surface area contributed by atoms with E-state index in [1.54, 1.807) is 13.0 Å². The summed E-state index contributed by atoms with van der Waals surface area (Å²) < 4.78 is 26.3. The average molecular weight is 283 g/mol. The van der Waals surface area contributed by atoms with E-state index in [2.05, 4.69) is 0 Å². The molecule has 0 bridgehead atoms. The lowest BCUT2D eigenvalue weighted by Gasteiger charge is -2.21. The molecule has 1 saturated carbocycles. The first kappa shape index (κ1) is 14.5. The molecule has 0 radical (unpaired) electrons. The highest BCUT2D eigenvalue weighted by atomic mass is 32.2. The van der Waals surface area contributed by atoms with E-state index in [9.17, 15) is 13.5 Å². The molecule has 0 heterocycles. The van der Waals surface area contributed by atoms with Gasteiger partial charge in [-0.3, -0.25) is 0 Å². The molecule has 1 fully saturated rings. The van der Waals surface area contributed by atoms with Gasteiger partial charge in [-0.05, 0) is 49.8 Å². The largest absolute Gasteiger partial charge is 0.391 e. The van der Waals surface area contributed by atoms with Gasteiger partial charge in [-0.25, -0.2) is 8.42 Å². The molecule has 4 nitrogen and oxygen atoms in total. The molecule has 0 aromatic heterocycles. The van der Waals surface area contributed by atoms with E-state index in [1.165, 1.54) is 11.4 Å². The van der Waals surface area contributed by atoms with Crippen LogP contribution in [0.3, 0.4) is 0 Å². The number of likely N-dealkylation sites (N-methyl/N-ethyl adjacent to an activating group) is 1. The van der Waals surface area contributed by atoms with Crippen molar-refractivity contribution in [2.75, 3.05) is 13.6 Å². The Kier molecular flexibility index (Phi) is 3.99. The zero-order valence-electron chi connectivity index (χ0n) is 11.6. The SMILES string of the molecule is Cc1ccc(C)c(S(=O)(=O)N(C)CC(O)C2CC2)c1. The predicted molar refractivity (Wildman–Crippen MR) is 74.5 cm³/mol. The fraction of sp³-hybridized carbons (Fsp3) is 0.571. The maximum absolute atomic E-state index is 12.5. The van der Waals surface area contributed by atoms with Gasteiger partial charge in [-0.2, -0.15) is 4.31 Å². The van der Waals surface area contributed by atoms with E-state index in [0.717, 1.165) is 24.0 Å². The molecule has 2 rings (SSSR count). The second-order valence-electron chi connectivity index (χ2n) is 5.46.